The molecule has 0 fully saturated rings. The van der Waals surface area contributed by atoms with E-state index in [4.69, 9.17) is 0 Å². The van der Waals surface area contributed by atoms with E-state index in [-0.39, 0.29) is 108 Å². The first-order valence-electron chi connectivity index (χ1n) is 49.5. The molecule has 0 atom stereocenters. The first kappa shape index (κ1) is 108. The van der Waals surface area contributed by atoms with Crippen LogP contribution in [-0.2, 0) is 97.5 Å². The summed E-state index contributed by atoms with van der Waals surface area (Å²) in [6.45, 7) is 155. The molecule has 0 unspecified atom stereocenters. The van der Waals surface area contributed by atoms with Gasteiger partial charge in [0, 0.05) is 42.9 Å². The summed E-state index contributed by atoms with van der Waals surface area (Å²) in [4.78, 5) is 0. The summed E-state index contributed by atoms with van der Waals surface area (Å²) >= 11 is 0. The summed E-state index contributed by atoms with van der Waals surface area (Å²) in [7, 11) is -7.86. The lowest BCUT2D eigenvalue weighted by Crippen LogP contribution is -2.40. The van der Waals surface area contributed by atoms with Crippen LogP contribution >= 0.6 is 45.3 Å². The second-order valence-corrected chi connectivity index (χ2v) is 77.8. The van der Waals surface area contributed by atoms with Gasteiger partial charge in [-0.3, -0.25) is 0 Å². The lowest BCUT2D eigenvalue weighted by Gasteiger charge is -2.52. The van der Waals surface area contributed by atoms with Crippen molar-refractivity contribution in [3.05, 3.63) is 195 Å². The summed E-state index contributed by atoms with van der Waals surface area (Å²) < 4.78 is 3.87. The minimum Gasteiger partial charge on any atom is -0.0700 e. The lowest BCUT2D eigenvalue weighted by atomic mass is 9.72. The highest BCUT2D eigenvalue weighted by molar-refractivity contribution is 8.45. The van der Waals surface area contributed by atoms with Gasteiger partial charge in [-0.2, -0.15) is 0 Å². The molecule has 6 heteroatoms. The van der Waals surface area contributed by atoms with Gasteiger partial charge in [0.2, 0.25) is 0 Å². The van der Waals surface area contributed by atoms with E-state index in [9.17, 15) is 0 Å². The predicted molar refractivity (Wildman–Crippen MR) is 602 cm³/mol. The fraction of sp³-hybridized carbons (Fsp3) is 0.656. The summed E-state index contributed by atoms with van der Waals surface area (Å²) in [5, 5.41) is 10.3. The Bertz CT molecular complexity index is 5000. The van der Waals surface area contributed by atoms with Gasteiger partial charge < -0.3 is 0 Å². The SMILES string of the molecule is CC(C)(C)c1cc(C(C)(C)C)c(C2=P(C3=P(c4c(C(C)(C)C)cc(C(C)(C)C)cc4C(C)(C)C)=C(P4=C(c5c(C(C)(C)C)cc(C(C)(C)C)cc5C(C)(C)C)P(C(C)(C)C)C=4c4c(C(C)(C)C)cc(C(C)(C)C)cc4C(C)(C)C)P3c3c(C(C)(C)C)cc(C(C)(C)C)cc3C(C)(C)C)=C(c3c(C(C)(C)C)cc(C(C)(C)C)cc3C(C)(C)C)P2C(C)(C)C)c(C(C)(C)C)c1. The van der Waals surface area contributed by atoms with Gasteiger partial charge in [0.05, 0.1) is 0 Å². The third kappa shape index (κ3) is 21.2. The molecule has 0 saturated heterocycles. The topological polar surface area (TPSA) is 0 Å². The fourth-order valence-electron chi connectivity index (χ4n) is 19.3. The Kier molecular flexibility index (Phi) is 28.2. The van der Waals surface area contributed by atoms with Crippen molar-refractivity contribution in [3.8, 4) is 0 Å². The first-order chi connectivity index (χ1) is 56.2. The Labute approximate surface area is 798 Å². The highest BCUT2D eigenvalue weighted by atomic mass is 31.3. The average molecular weight is 1840 g/mol. The maximum absolute atomic E-state index is 2.85. The van der Waals surface area contributed by atoms with E-state index in [1.807, 2.05) is 29.7 Å². The van der Waals surface area contributed by atoms with E-state index in [2.05, 4.69) is 488 Å². The average Bonchev–Trinajstić information content (AvgIpc) is 0.650. The van der Waals surface area contributed by atoms with E-state index >= 15 is 0 Å². The van der Waals surface area contributed by atoms with Crippen molar-refractivity contribution in [2.75, 3.05) is 0 Å². The van der Waals surface area contributed by atoms with Crippen LogP contribution in [0.1, 0.15) is 538 Å². The second-order valence-electron chi connectivity index (χ2n) is 60.4. The molecule has 3 heterocycles. The van der Waals surface area contributed by atoms with Gasteiger partial charge in [0.1, 0.15) is 0 Å². The maximum atomic E-state index is 2.85. The second kappa shape index (κ2) is 33.3. The summed E-state index contributed by atoms with van der Waals surface area (Å²) in [5.74, 6) is 0. The molecule has 6 aromatic carbocycles. The van der Waals surface area contributed by atoms with E-state index in [1.165, 1.54) is 33.4 Å². The molecule has 0 radical (unpaired) electrons. The lowest BCUT2D eigenvalue weighted by molar-refractivity contribution is 0.546. The molecule has 0 amide bonds. The van der Waals surface area contributed by atoms with E-state index < -0.39 is 45.3 Å². The molecule has 0 bridgehead atoms. The molecule has 6 aromatic rings. The van der Waals surface area contributed by atoms with Crippen LogP contribution in [-0.4, -0.2) is 40.0 Å². The van der Waals surface area contributed by atoms with Crippen LogP contribution < -0.4 is 10.6 Å². The highest BCUT2D eigenvalue weighted by Crippen LogP contribution is 2.81. The molecule has 0 aromatic heterocycles. The summed E-state index contributed by atoms with van der Waals surface area (Å²) in [6.07, 6.45) is 0. The normalized spacial score (nSPS) is 18.9. The summed E-state index contributed by atoms with van der Waals surface area (Å²) in [5.41, 5.74) is 30.0. The third-order valence-electron chi connectivity index (χ3n) is 27.2. The quantitative estimate of drug-likeness (QED) is 0.133. The molecule has 710 valence electrons. The number of hydrogen-bond acceptors (Lipinski definition) is 0. The van der Waals surface area contributed by atoms with E-state index in [0.717, 1.165) is 0 Å². The van der Waals surface area contributed by atoms with Crippen LogP contribution in [0.25, 0.3) is 0 Å². The first-order valence-corrected chi connectivity index (χ1v) is 57.5. The van der Waals surface area contributed by atoms with Crippen LogP contribution in [0.3, 0.4) is 0 Å². The van der Waals surface area contributed by atoms with Crippen molar-refractivity contribution in [2.24, 2.45) is 0 Å². The molecule has 0 saturated carbocycles. The predicted octanol–water partition coefficient (Wildman–Crippen LogP) is 37.4. The minimum atomic E-state index is -1.44. The largest absolute Gasteiger partial charge is 0.0700 e. The Morgan fingerprint density at radius 1 is 0.141 bits per heavy atom. The number of hydrogen-bond donors (Lipinski definition) is 0. The molecule has 3 aliphatic rings. The number of benzene rings is 6. The van der Waals surface area contributed by atoms with Crippen LogP contribution in [0.2, 0.25) is 0 Å². The Balaban J connectivity index is 2.11. The van der Waals surface area contributed by atoms with Crippen LogP contribution in [0.15, 0.2) is 72.8 Å². The van der Waals surface area contributed by atoms with Crippen molar-refractivity contribution < 1.29 is 0 Å². The van der Waals surface area contributed by atoms with Gasteiger partial charge in [-0.25, -0.2) is 0 Å². The molecule has 0 N–H and O–H groups in total. The Morgan fingerprint density at radius 3 is 0.383 bits per heavy atom. The standard InChI is InChI=1S/C122H192P6/c1-103(2,3)73-61-79(109(19,20)21)91(80(62-73)110(22,23)24)97-125(98(127(97)121(55,56)57)92-81(111(25,26)27)63-74(104(4,5)6)64-82(92)112(28,29)30)101-123(95-87(117(43,44)45)69-77(107(13,14)15)70-88(95)118(46,47)48)102(124(101)96-89(119(49,50)51)71-78(108(16,17)18)72-90(96)120(52,53)54)126-99(93-83(113(31,32)33)65-75(105(7,8)9)66-84(93)114(34,35)36)128(122(58,59)60)100(126)94-85(115(37,38)39)67-76(106(10,11)12)68-86(94)116(40,41)42/h61-72H,1-60H3. The minimum absolute atomic E-state index is 0.107. The highest BCUT2D eigenvalue weighted by Gasteiger charge is 2.56. The van der Waals surface area contributed by atoms with Gasteiger partial charge in [-0.05, 0) is 251 Å². The van der Waals surface area contributed by atoms with Crippen LogP contribution in [0.4, 0.5) is 0 Å². The van der Waals surface area contributed by atoms with Crippen molar-refractivity contribution in [1.29, 1.82) is 0 Å². The van der Waals surface area contributed by atoms with Crippen LogP contribution in [0, 0.1) is 0 Å². The summed E-state index contributed by atoms with van der Waals surface area (Å²) in [6, 6.07) is 33.7. The molecule has 0 nitrogen and oxygen atoms in total. The van der Waals surface area contributed by atoms with Crippen molar-refractivity contribution in [3.63, 3.8) is 0 Å². The van der Waals surface area contributed by atoms with Gasteiger partial charge in [-0.1, -0.05) is 510 Å². The van der Waals surface area contributed by atoms with Gasteiger partial charge >= 0.3 is 0 Å². The van der Waals surface area contributed by atoms with Gasteiger partial charge in [-0.15, -0.1) is 0 Å². The molecule has 0 spiro atoms. The van der Waals surface area contributed by atoms with E-state index in [0.29, 0.717) is 0 Å². The van der Waals surface area contributed by atoms with Crippen molar-refractivity contribution in [1.82, 2.24) is 0 Å². The molecular weight excluding hydrogens is 1650 g/mol. The maximum Gasteiger partial charge on any atom is 0.0344 e. The Morgan fingerprint density at radius 2 is 0.266 bits per heavy atom. The molecule has 128 heavy (non-hydrogen) atoms. The third-order valence-corrected chi connectivity index (χ3v) is 51.4. The molecule has 0 aliphatic carbocycles. The molecule has 9 rings (SSSR count). The van der Waals surface area contributed by atoms with Gasteiger partial charge in [0.25, 0.3) is 0 Å². The van der Waals surface area contributed by atoms with Crippen molar-refractivity contribution >= 4 is 85.6 Å². The zero-order valence-electron chi connectivity index (χ0n) is 94.6. The van der Waals surface area contributed by atoms with Crippen LogP contribution in [0.5, 0.6) is 0 Å². The smallest absolute Gasteiger partial charge is 0.0344 e. The zero-order chi connectivity index (χ0) is 99.3. The number of rotatable bonds is 8. The molecule has 3 aliphatic heterocycles. The van der Waals surface area contributed by atoms with Crippen molar-refractivity contribution in [2.45, 2.75) is 523 Å². The van der Waals surface area contributed by atoms with E-state index in [1.54, 1.807) is 99.6 Å². The fourth-order valence-corrected chi connectivity index (χ4v) is 54.5. The Hall–Kier alpha value is -3.27. The van der Waals surface area contributed by atoms with Gasteiger partial charge in [0.15, 0.2) is 0 Å². The zero-order valence-corrected chi connectivity index (χ0v) is 100.0. The monoisotopic (exact) mass is 1840 g/mol. The molecular formula is C122H192P6.